The summed E-state index contributed by atoms with van der Waals surface area (Å²) >= 11 is 6.45. The zero-order valence-corrected chi connectivity index (χ0v) is 27.0. The van der Waals surface area contributed by atoms with E-state index in [4.69, 9.17) is 26.3 Å². The van der Waals surface area contributed by atoms with E-state index in [0.29, 0.717) is 31.6 Å². The fourth-order valence-electron chi connectivity index (χ4n) is 5.50. The second-order valence-corrected chi connectivity index (χ2v) is 12.1. The molecule has 228 valence electrons. The van der Waals surface area contributed by atoms with Gasteiger partial charge in [0, 0.05) is 35.9 Å². The number of ether oxygens (including phenoxy) is 1. The zero-order valence-electron chi connectivity index (χ0n) is 25.1. The predicted octanol–water partition coefficient (Wildman–Crippen LogP) is 7.25. The Morgan fingerprint density at radius 1 is 1.21 bits per heavy atom. The molecule has 42 heavy (non-hydrogen) atoms. The normalized spacial score (nSPS) is 16.5. The number of nitrogens with zero attached hydrogens (tertiary/aromatic N) is 5. The van der Waals surface area contributed by atoms with Crippen LogP contribution in [0.15, 0.2) is 36.7 Å². The molecule has 0 spiro atoms. The first kappa shape index (κ1) is 33.7. The third-order valence-electron chi connectivity index (χ3n) is 7.85. The molecule has 1 aromatic heterocycles. The number of piperazine rings is 1. The van der Waals surface area contributed by atoms with Gasteiger partial charge >= 0.3 is 6.01 Å². The van der Waals surface area contributed by atoms with Gasteiger partial charge in [-0.05, 0) is 43.2 Å². The maximum absolute atomic E-state index is 13.8. The molecule has 4 atom stereocenters. The van der Waals surface area contributed by atoms with Gasteiger partial charge in [0.2, 0.25) is 0 Å². The minimum atomic E-state index is -1.01. The van der Waals surface area contributed by atoms with Crippen molar-refractivity contribution in [3.63, 3.8) is 0 Å². The van der Waals surface area contributed by atoms with Crippen LogP contribution in [-0.2, 0) is 17.6 Å². The number of amides is 1. The summed E-state index contributed by atoms with van der Waals surface area (Å²) in [5, 5.41) is 10.2. The van der Waals surface area contributed by atoms with Crippen molar-refractivity contribution >= 4 is 32.6 Å². The van der Waals surface area contributed by atoms with Crippen molar-refractivity contribution in [3.8, 4) is 12.1 Å². The number of carbonyl (C=O) groups is 1. The van der Waals surface area contributed by atoms with E-state index < -0.39 is 17.8 Å². The molecule has 1 aliphatic rings. The molecule has 2 heterocycles. The van der Waals surface area contributed by atoms with E-state index in [9.17, 15) is 14.4 Å². The number of anilines is 1. The topological polar surface area (TPSA) is 82.3 Å². The van der Waals surface area contributed by atoms with Gasteiger partial charge in [-0.1, -0.05) is 76.4 Å². The maximum atomic E-state index is 13.8. The molecular weight excluding hydrogens is 572 g/mol. The van der Waals surface area contributed by atoms with Crippen LogP contribution in [0.4, 0.5) is 10.2 Å². The minimum Gasteiger partial charge on any atom is -0.463 e. The third kappa shape index (κ3) is 8.88. The van der Waals surface area contributed by atoms with Crippen molar-refractivity contribution in [1.82, 2.24) is 14.9 Å². The fraction of sp³-hybridized carbons (Fsp3) is 0.562. The molecule has 0 aliphatic carbocycles. The Bertz CT molecular complexity index is 1260. The highest BCUT2D eigenvalue weighted by Gasteiger charge is 2.34. The second kappa shape index (κ2) is 16.8. The zero-order chi connectivity index (χ0) is 30.6. The molecular formula is C32H44ClFN5O2P. The van der Waals surface area contributed by atoms with Crippen molar-refractivity contribution in [3.05, 3.63) is 58.5 Å². The number of benzene rings is 1. The average molecular weight is 616 g/mol. The summed E-state index contributed by atoms with van der Waals surface area (Å²) in [4.78, 5) is 25.9. The van der Waals surface area contributed by atoms with Crippen LogP contribution < -0.4 is 9.64 Å². The van der Waals surface area contributed by atoms with Crippen LogP contribution in [0, 0.1) is 17.2 Å². The highest BCUT2D eigenvalue weighted by molar-refractivity contribution is 7.17. The lowest BCUT2D eigenvalue weighted by Crippen LogP contribution is -2.55. The van der Waals surface area contributed by atoms with Crippen LogP contribution in [0.2, 0.25) is 5.02 Å². The molecule has 7 nitrogen and oxygen atoms in total. The van der Waals surface area contributed by atoms with Crippen molar-refractivity contribution in [2.45, 2.75) is 83.8 Å². The SMILES string of the molecule is C=C(F)C(=O)N1CCN(c2nc(OCC(CC)CCC)nc(C(P)CCc3ccccc3Cl)c2CCC)CC1CC#N. The summed E-state index contributed by atoms with van der Waals surface area (Å²) in [5.41, 5.74) is 3.08. The lowest BCUT2D eigenvalue weighted by Gasteiger charge is -2.41. The molecule has 10 heteroatoms. The standard InChI is InChI=1S/C32H44ClFN5O2P/c1-5-10-23(7-3)21-41-32-36-29(28(42)15-14-24-12-8-9-13-27(24)33)26(11-6-2)30(37-32)38-18-19-39(31(40)22(4)34)25(20-38)16-17-35/h8-9,12-13,23,25,28H,4-7,10-11,14-16,18-21,42H2,1-3H3. The van der Waals surface area contributed by atoms with Gasteiger partial charge in [0.25, 0.3) is 5.91 Å². The van der Waals surface area contributed by atoms with Gasteiger partial charge in [-0.2, -0.15) is 15.2 Å². The van der Waals surface area contributed by atoms with E-state index in [1.165, 1.54) is 4.90 Å². The third-order valence-corrected chi connectivity index (χ3v) is 8.87. The van der Waals surface area contributed by atoms with Gasteiger partial charge in [-0.15, -0.1) is 9.24 Å². The van der Waals surface area contributed by atoms with Crippen LogP contribution in [0.1, 0.15) is 81.8 Å². The molecule has 4 unspecified atom stereocenters. The number of nitriles is 1. The van der Waals surface area contributed by atoms with Gasteiger partial charge in [0.1, 0.15) is 5.82 Å². The van der Waals surface area contributed by atoms with E-state index in [-0.39, 0.29) is 18.6 Å². The first-order valence-corrected chi connectivity index (χ1v) is 16.1. The fourth-order valence-corrected chi connectivity index (χ4v) is 6.17. The first-order chi connectivity index (χ1) is 20.2. The van der Waals surface area contributed by atoms with Crippen LogP contribution in [0.25, 0.3) is 0 Å². The number of halogens is 2. The summed E-state index contributed by atoms with van der Waals surface area (Å²) in [7, 11) is 2.96. The molecule has 3 rings (SSSR count). The van der Waals surface area contributed by atoms with Gasteiger partial charge in [-0.3, -0.25) is 4.79 Å². The van der Waals surface area contributed by atoms with Crippen molar-refractivity contribution in [2.75, 3.05) is 31.1 Å². The number of hydrogen-bond donors (Lipinski definition) is 0. The molecule has 0 bridgehead atoms. The van der Waals surface area contributed by atoms with Gasteiger partial charge in [0.15, 0.2) is 5.83 Å². The minimum absolute atomic E-state index is 0.0252. The van der Waals surface area contributed by atoms with E-state index in [0.717, 1.165) is 72.6 Å². The number of aromatic nitrogens is 2. The summed E-state index contributed by atoms with van der Waals surface area (Å²) in [6.45, 7) is 11.2. The molecule has 1 saturated heterocycles. The van der Waals surface area contributed by atoms with E-state index in [1.54, 1.807) is 0 Å². The number of hydrogen-bond acceptors (Lipinski definition) is 6. The predicted molar refractivity (Wildman–Crippen MR) is 171 cm³/mol. The Balaban J connectivity index is 2.00. The number of carbonyl (C=O) groups excluding carboxylic acids is 1. The van der Waals surface area contributed by atoms with Crippen LogP contribution in [0.3, 0.4) is 0 Å². The van der Waals surface area contributed by atoms with Crippen molar-refractivity contribution in [1.29, 1.82) is 5.26 Å². The Kier molecular flexibility index (Phi) is 13.5. The smallest absolute Gasteiger partial charge is 0.318 e. The van der Waals surface area contributed by atoms with Crippen LogP contribution in [-0.4, -0.2) is 53.1 Å². The average Bonchev–Trinajstić information content (AvgIpc) is 2.98. The van der Waals surface area contributed by atoms with E-state index in [1.807, 2.05) is 24.3 Å². The maximum Gasteiger partial charge on any atom is 0.318 e. The molecule has 0 radical (unpaired) electrons. The summed E-state index contributed by atoms with van der Waals surface area (Å²) in [5.74, 6) is -0.599. The molecule has 1 fully saturated rings. The summed E-state index contributed by atoms with van der Waals surface area (Å²) in [6, 6.07) is 9.90. The Hall–Kier alpha value is -2.75. The quantitative estimate of drug-likeness (QED) is 0.155. The summed E-state index contributed by atoms with van der Waals surface area (Å²) in [6.07, 6.45) is 6.50. The Morgan fingerprint density at radius 3 is 2.62 bits per heavy atom. The highest BCUT2D eigenvalue weighted by atomic mass is 35.5. The number of aryl methyl sites for hydroxylation is 1. The van der Waals surface area contributed by atoms with Gasteiger partial charge < -0.3 is 14.5 Å². The Morgan fingerprint density at radius 2 is 1.98 bits per heavy atom. The molecule has 2 aromatic rings. The Labute approximate surface area is 257 Å². The second-order valence-electron chi connectivity index (χ2n) is 10.9. The highest BCUT2D eigenvalue weighted by Crippen LogP contribution is 2.37. The van der Waals surface area contributed by atoms with E-state index in [2.05, 4.69) is 47.6 Å². The number of rotatable bonds is 15. The first-order valence-electron chi connectivity index (χ1n) is 15.0. The molecule has 1 amide bonds. The molecule has 0 saturated carbocycles. The monoisotopic (exact) mass is 615 g/mol. The van der Waals surface area contributed by atoms with E-state index >= 15 is 0 Å². The van der Waals surface area contributed by atoms with Crippen molar-refractivity contribution in [2.24, 2.45) is 5.92 Å². The van der Waals surface area contributed by atoms with Gasteiger partial charge in [0.05, 0.1) is 30.8 Å². The lowest BCUT2D eigenvalue weighted by atomic mass is 10.00. The van der Waals surface area contributed by atoms with Gasteiger partial charge in [-0.25, -0.2) is 4.39 Å². The van der Waals surface area contributed by atoms with Crippen molar-refractivity contribution < 1.29 is 13.9 Å². The lowest BCUT2D eigenvalue weighted by molar-refractivity contribution is -0.131. The van der Waals surface area contributed by atoms with Crippen LogP contribution in [0.5, 0.6) is 6.01 Å². The summed E-state index contributed by atoms with van der Waals surface area (Å²) < 4.78 is 20.1. The molecule has 1 aromatic carbocycles. The molecule has 0 N–H and O–H groups in total. The molecule has 1 aliphatic heterocycles. The van der Waals surface area contributed by atoms with Crippen LogP contribution >= 0.6 is 20.8 Å². The largest absolute Gasteiger partial charge is 0.463 e.